The van der Waals surface area contributed by atoms with Crippen LogP contribution >= 0.6 is 11.9 Å². The van der Waals surface area contributed by atoms with Gasteiger partial charge in [-0.3, -0.25) is 0 Å². The Bertz CT molecular complexity index is 875. The highest BCUT2D eigenvalue weighted by Crippen LogP contribution is 2.36. The minimum Gasteiger partial charge on any atom is -0.325 e. The Hall–Kier alpha value is -2.48. The van der Waals surface area contributed by atoms with Crippen LogP contribution in [0.25, 0.3) is 5.69 Å². The molecule has 0 radical (unpaired) electrons. The molecule has 4 nitrogen and oxygen atoms in total. The Labute approximate surface area is 159 Å². The number of benzene rings is 2. The largest absolute Gasteiger partial charge is 0.418 e. The van der Waals surface area contributed by atoms with E-state index >= 15 is 0 Å². The average molecular weight is 392 g/mol. The lowest BCUT2D eigenvalue weighted by atomic mass is 10.2. The van der Waals surface area contributed by atoms with Crippen molar-refractivity contribution >= 4 is 17.6 Å². The molecule has 0 aliphatic rings. The quantitative estimate of drug-likeness (QED) is 0.520. The summed E-state index contributed by atoms with van der Waals surface area (Å²) in [6, 6.07) is 12.8. The molecule has 27 heavy (non-hydrogen) atoms. The maximum Gasteiger partial charge on any atom is 0.418 e. The highest BCUT2D eigenvalue weighted by molar-refractivity contribution is 8.00. The summed E-state index contributed by atoms with van der Waals surface area (Å²) in [6.07, 6.45) is 0.571. The number of unbranched alkanes of at least 4 members (excludes halogenated alkanes) is 1. The van der Waals surface area contributed by atoms with Crippen molar-refractivity contribution in [1.82, 2.24) is 15.0 Å². The van der Waals surface area contributed by atoms with Crippen molar-refractivity contribution in [3.63, 3.8) is 0 Å². The van der Waals surface area contributed by atoms with E-state index in [9.17, 15) is 13.2 Å². The predicted molar refractivity (Wildman–Crippen MR) is 101 cm³/mol. The normalized spacial score (nSPS) is 11.6. The van der Waals surface area contributed by atoms with Gasteiger partial charge >= 0.3 is 6.18 Å². The van der Waals surface area contributed by atoms with Gasteiger partial charge in [0, 0.05) is 4.90 Å². The van der Waals surface area contributed by atoms with E-state index in [-0.39, 0.29) is 5.69 Å². The second-order valence-corrected chi connectivity index (χ2v) is 6.88. The highest BCUT2D eigenvalue weighted by Gasteiger charge is 2.33. The summed E-state index contributed by atoms with van der Waals surface area (Å²) in [4.78, 5) is 0.794. The number of alkyl halides is 3. The fraction of sp³-hybridized carbons (Fsp3) is 0.263. The van der Waals surface area contributed by atoms with Crippen LogP contribution in [0.4, 0.5) is 18.9 Å². The standard InChI is InChI=1S/C19H19F3N4S/c1-2-3-6-14-13-26(25-23-14)15-9-11-16(12-10-15)27-24-18-8-5-4-7-17(18)19(20,21)22/h4-5,7-13,24H,2-3,6H2,1H3. The van der Waals surface area contributed by atoms with Crippen LogP contribution in [0.1, 0.15) is 31.0 Å². The van der Waals surface area contributed by atoms with E-state index in [0.29, 0.717) is 0 Å². The maximum absolute atomic E-state index is 13.0. The molecule has 0 aliphatic carbocycles. The molecule has 0 amide bonds. The van der Waals surface area contributed by atoms with Crippen molar-refractivity contribution in [3.05, 3.63) is 66.0 Å². The van der Waals surface area contributed by atoms with Gasteiger partial charge in [-0.05, 0) is 61.2 Å². The van der Waals surface area contributed by atoms with Crippen LogP contribution < -0.4 is 4.72 Å². The summed E-state index contributed by atoms with van der Waals surface area (Å²) in [5, 5.41) is 8.27. The third-order valence-electron chi connectivity index (χ3n) is 3.94. The lowest BCUT2D eigenvalue weighted by Gasteiger charge is -2.13. The maximum atomic E-state index is 13.0. The molecule has 142 valence electrons. The molecule has 8 heteroatoms. The molecule has 0 unspecified atom stereocenters. The summed E-state index contributed by atoms with van der Waals surface area (Å²) in [5.74, 6) is 0. The van der Waals surface area contributed by atoms with Crippen LogP contribution in [0.2, 0.25) is 0 Å². The zero-order valence-electron chi connectivity index (χ0n) is 14.7. The number of hydrogen-bond donors (Lipinski definition) is 1. The summed E-state index contributed by atoms with van der Waals surface area (Å²) < 4.78 is 43.6. The van der Waals surface area contributed by atoms with Crippen molar-refractivity contribution in [2.45, 2.75) is 37.3 Å². The Morgan fingerprint density at radius 2 is 1.81 bits per heavy atom. The number of nitrogens with one attached hydrogen (secondary N) is 1. The van der Waals surface area contributed by atoms with Gasteiger partial charge < -0.3 is 4.72 Å². The third kappa shape index (κ3) is 5.03. The summed E-state index contributed by atoms with van der Waals surface area (Å²) >= 11 is 1.13. The van der Waals surface area contributed by atoms with Crippen molar-refractivity contribution in [2.24, 2.45) is 0 Å². The number of aromatic nitrogens is 3. The van der Waals surface area contributed by atoms with Crippen molar-refractivity contribution in [2.75, 3.05) is 4.72 Å². The van der Waals surface area contributed by atoms with Crippen molar-refractivity contribution in [3.8, 4) is 5.69 Å². The third-order valence-corrected chi connectivity index (χ3v) is 4.77. The molecule has 0 spiro atoms. The van der Waals surface area contributed by atoms with Gasteiger partial charge in [-0.15, -0.1) is 5.10 Å². The Morgan fingerprint density at radius 1 is 1.07 bits per heavy atom. The van der Waals surface area contributed by atoms with Gasteiger partial charge in [0.1, 0.15) is 0 Å². The monoisotopic (exact) mass is 392 g/mol. The Balaban J connectivity index is 1.66. The number of anilines is 1. The first-order valence-corrected chi connectivity index (χ1v) is 9.40. The molecular formula is C19H19F3N4S. The topological polar surface area (TPSA) is 42.7 Å². The number of para-hydroxylation sites is 1. The van der Waals surface area contributed by atoms with E-state index in [1.807, 2.05) is 30.5 Å². The average Bonchev–Trinajstić information content (AvgIpc) is 3.13. The van der Waals surface area contributed by atoms with Crippen LogP contribution in [-0.4, -0.2) is 15.0 Å². The smallest absolute Gasteiger partial charge is 0.325 e. The predicted octanol–water partition coefficient (Wildman–Crippen LogP) is 5.75. The fourth-order valence-corrected chi connectivity index (χ4v) is 3.18. The minimum atomic E-state index is -4.39. The van der Waals surface area contributed by atoms with Gasteiger partial charge in [0.25, 0.3) is 0 Å². The molecule has 2 aromatic carbocycles. The molecule has 3 rings (SSSR count). The molecule has 0 saturated heterocycles. The van der Waals surface area contributed by atoms with E-state index in [1.54, 1.807) is 10.7 Å². The first kappa shape index (κ1) is 19.3. The number of halogens is 3. The van der Waals surface area contributed by atoms with Gasteiger partial charge in [-0.2, -0.15) is 13.2 Å². The van der Waals surface area contributed by atoms with E-state index < -0.39 is 11.7 Å². The second-order valence-electron chi connectivity index (χ2n) is 6.00. The molecule has 1 N–H and O–H groups in total. The summed E-state index contributed by atoms with van der Waals surface area (Å²) in [6.45, 7) is 2.13. The van der Waals surface area contributed by atoms with Crippen LogP contribution in [-0.2, 0) is 12.6 Å². The second kappa shape index (κ2) is 8.47. The summed E-state index contributed by atoms with van der Waals surface area (Å²) in [5.41, 5.74) is 1.15. The lowest BCUT2D eigenvalue weighted by Crippen LogP contribution is -2.07. The zero-order valence-corrected chi connectivity index (χ0v) is 15.5. The summed E-state index contributed by atoms with van der Waals surface area (Å²) in [7, 11) is 0. The molecule has 0 fully saturated rings. The van der Waals surface area contributed by atoms with E-state index in [0.717, 1.165) is 53.6 Å². The molecule has 0 saturated carbocycles. The first-order chi connectivity index (χ1) is 13.0. The molecule has 3 aromatic rings. The van der Waals surface area contributed by atoms with Crippen molar-refractivity contribution in [1.29, 1.82) is 0 Å². The molecule has 0 atom stereocenters. The molecule has 1 heterocycles. The SMILES string of the molecule is CCCCc1cn(-c2ccc(SNc3ccccc3C(F)(F)F)cc2)nn1. The van der Waals surface area contributed by atoms with Crippen LogP contribution in [0.15, 0.2) is 59.6 Å². The van der Waals surface area contributed by atoms with E-state index in [2.05, 4.69) is 22.0 Å². The molecular weight excluding hydrogens is 373 g/mol. The number of nitrogens with zero attached hydrogens (tertiary/aromatic N) is 3. The van der Waals surface area contributed by atoms with E-state index in [1.165, 1.54) is 12.1 Å². The Morgan fingerprint density at radius 3 is 2.52 bits per heavy atom. The fourth-order valence-electron chi connectivity index (χ4n) is 2.50. The minimum absolute atomic E-state index is 0.0379. The van der Waals surface area contributed by atoms with Crippen LogP contribution in [0.5, 0.6) is 0 Å². The van der Waals surface area contributed by atoms with Gasteiger partial charge in [0.2, 0.25) is 0 Å². The zero-order chi connectivity index (χ0) is 19.3. The molecule has 0 aliphatic heterocycles. The van der Waals surface area contributed by atoms with E-state index in [4.69, 9.17) is 0 Å². The Kier molecular flexibility index (Phi) is 6.05. The van der Waals surface area contributed by atoms with Gasteiger partial charge in [0.05, 0.1) is 28.8 Å². The first-order valence-electron chi connectivity index (χ1n) is 8.58. The number of aryl methyl sites for hydroxylation is 1. The van der Waals surface area contributed by atoms with Gasteiger partial charge in [0.15, 0.2) is 0 Å². The van der Waals surface area contributed by atoms with Gasteiger partial charge in [-0.1, -0.05) is 30.7 Å². The lowest BCUT2D eigenvalue weighted by molar-refractivity contribution is -0.136. The number of hydrogen-bond acceptors (Lipinski definition) is 4. The molecule has 0 bridgehead atoms. The van der Waals surface area contributed by atoms with Crippen LogP contribution in [0, 0.1) is 0 Å². The number of rotatable bonds is 7. The van der Waals surface area contributed by atoms with Crippen molar-refractivity contribution < 1.29 is 13.2 Å². The highest BCUT2D eigenvalue weighted by atomic mass is 32.2. The van der Waals surface area contributed by atoms with Gasteiger partial charge in [-0.25, -0.2) is 4.68 Å². The van der Waals surface area contributed by atoms with Crippen LogP contribution in [0.3, 0.4) is 0 Å². The molecule has 1 aromatic heterocycles.